The van der Waals surface area contributed by atoms with E-state index < -0.39 is 10.0 Å². The standard InChI is InChI=1S/C23H19N3O4S2/c1-16-21(31-23(24-16)26-32(28,29)20-10-6-3-7-11-20)22(27)25-17-12-14-19(15-13-17)30-18-8-4-2-5-9-18/h2-15H,1H3,(H,24,26)(H,25,27). The van der Waals surface area contributed by atoms with E-state index in [-0.39, 0.29) is 15.9 Å². The molecule has 3 aromatic carbocycles. The summed E-state index contributed by atoms with van der Waals surface area (Å²) in [7, 11) is -3.78. The molecule has 7 nitrogen and oxygen atoms in total. The predicted octanol–water partition coefficient (Wildman–Crippen LogP) is 5.30. The Kier molecular flexibility index (Phi) is 6.20. The maximum Gasteiger partial charge on any atom is 0.267 e. The van der Waals surface area contributed by atoms with Crippen LogP contribution in [0.5, 0.6) is 11.5 Å². The van der Waals surface area contributed by atoms with Gasteiger partial charge in [-0.25, -0.2) is 13.4 Å². The molecule has 0 radical (unpaired) electrons. The maximum atomic E-state index is 12.7. The minimum atomic E-state index is -3.78. The minimum absolute atomic E-state index is 0.122. The molecule has 0 bridgehead atoms. The van der Waals surface area contributed by atoms with Gasteiger partial charge >= 0.3 is 0 Å². The monoisotopic (exact) mass is 465 g/mol. The number of nitrogens with zero attached hydrogens (tertiary/aromatic N) is 1. The highest BCUT2D eigenvalue weighted by atomic mass is 32.2. The van der Waals surface area contributed by atoms with E-state index >= 15 is 0 Å². The lowest BCUT2D eigenvalue weighted by Gasteiger charge is -2.07. The van der Waals surface area contributed by atoms with Crippen molar-refractivity contribution in [2.45, 2.75) is 11.8 Å². The smallest absolute Gasteiger partial charge is 0.267 e. The number of rotatable bonds is 7. The number of carbonyl (C=O) groups excluding carboxylic acids is 1. The summed E-state index contributed by atoms with van der Waals surface area (Å²) < 4.78 is 33.1. The van der Waals surface area contributed by atoms with Gasteiger partial charge in [0.15, 0.2) is 5.13 Å². The molecule has 162 valence electrons. The number of amides is 1. The Morgan fingerprint density at radius 2 is 1.47 bits per heavy atom. The normalized spacial score (nSPS) is 11.0. The summed E-state index contributed by atoms with van der Waals surface area (Å²) in [5.74, 6) is 0.984. The first-order chi connectivity index (χ1) is 15.4. The fourth-order valence-electron chi connectivity index (χ4n) is 2.84. The Morgan fingerprint density at radius 3 is 2.12 bits per heavy atom. The topological polar surface area (TPSA) is 97.4 Å². The Labute approximate surface area is 189 Å². The molecule has 0 saturated carbocycles. The lowest BCUT2D eigenvalue weighted by molar-refractivity contribution is 0.103. The molecule has 0 aliphatic heterocycles. The second-order valence-electron chi connectivity index (χ2n) is 6.75. The van der Waals surface area contributed by atoms with Gasteiger partial charge in [0.1, 0.15) is 16.4 Å². The highest BCUT2D eigenvalue weighted by Gasteiger charge is 2.20. The van der Waals surface area contributed by atoms with Crippen molar-refractivity contribution in [1.82, 2.24) is 4.98 Å². The van der Waals surface area contributed by atoms with Crippen molar-refractivity contribution in [3.05, 3.63) is 95.5 Å². The van der Waals surface area contributed by atoms with Gasteiger partial charge in [0.2, 0.25) is 0 Å². The first kappa shape index (κ1) is 21.5. The van der Waals surface area contributed by atoms with Gasteiger partial charge in [0, 0.05) is 5.69 Å². The third kappa shape index (κ3) is 5.13. The van der Waals surface area contributed by atoms with Gasteiger partial charge in [-0.05, 0) is 55.5 Å². The number of carbonyl (C=O) groups is 1. The Morgan fingerprint density at radius 1 is 0.875 bits per heavy atom. The maximum absolute atomic E-state index is 12.7. The minimum Gasteiger partial charge on any atom is -0.457 e. The molecule has 0 fully saturated rings. The number of anilines is 2. The first-order valence-corrected chi connectivity index (χ1v) is 11.9. The lowest BCUT2D eigenvalue weighted by Crippen LogP contribution is -2.12. The van der Waals surface area contributed by atoms with Gasteiger partial charge < -0.3 is 10.1 Å². The summed E-state index contributed by atoms with van der Waals surface area (Å²) in [4.78, 5) is 17.3. The van der Waals surface area contributed by atoms with Gasteiger partial charge in [0.25, 0.3) is 15.9 Å². The van der Waals surface area contributed by atoms with Gasteiger partial charge in [-0.2, -0.15) is 0 Å². The van der Waals surface area contributed by atoms with Gasteiger partial charge in [0.05, 0.1) is 10.6 Å². The second-order valence-corrected chi connectivity index (χ2v) is 9.43. The number of aromatic nitrogens is 1. The molecular formula is C23H19N3O4S2. The van der Waals surface area contributed by atoms with Crippen molar-refractivity contribution in [1.29, 1.82) is 0 Å². The molecule has 4 aromatic rings. The van der Waals surface area contributed by atoms with Crippen molar-refractivity contribution < 1.29 is 17.9 Å². The third-order valence-corrected chi connectivity index (χ3v) is 6.92. The van der Waals surface area contributed by atoms with Crippen molar-refractivity contribution in [3.8, 4) is 11.5 Å². The zero-order valence-electron chi connectivity index (χ0n) is 17.0. The Hall–Kier alpha value is -3.69. The van der Waals surface area contributed by atoms with E-state index in [4.69, 9.17) is 4.74 Å². The van der Waals surface area contributed by atoms with Gasteiger partial charge in [-0.3, -0.25) is 9.52 Å². The number of para-hydroxylation sites is 1. The number of hydrogen-bond donors (Lipinski definition) is 2. The van der Waals surface area contributed by atoms with Gasteiger partial charge in [-0.1, -0.05) is 47.7 Å². The molecule has 1 heterocycles. The lowest BCUT2D eigenvalue weighted by atomic mass is 10.3. The van der Waals surface area contributed by atoms with Crippen LogP contribution < -0.4 is 14.8 Å². The molecule has 32 heavy (non-hydrogen) atoms. The molecular weight excluding hydrogens is 446 g/mol. The van der Waals surface area contributed by atoms with Crippen LogP contribution in [0.1, 0.15) is 15.4 Å². The van der Waals surface area contributed by atoms with E-state index in [9.17, 15) is 13.2 Å². The third-order valence-electron chi connectivity index (χ3n) is 4.37. The van der Waals surface area contributed by atoms with Crippen LogP contribution in [0.15, 0.2) is 89.8 Å². The average molecular weight is 466 g/mol. The van der Waals surface area contributed by atoms with Crippen molar-refractivity contribution >= 4 is 38.1 Å². The molecule has 0 saturated heterocycles. The molecule has 0 atom stereocenters. The number of hydrogen-bond acceptors (Lipinski definition) is 6. The summed E-state index contributed by atoms with van der Waals surface area (Å²) in [5.41, 5.74) is 1.01. The highest BCUT2D eigenvalue weighted by Crippen LogP contribution is 2.27. The molecule has 4 rings (SSSR count). The van der Waals surface area contributed by atoms with E-state index in [0.717, 1.165) is 17.1 Å². The van der Waals surface area contributed by atoms with Crippen LogP contribution in [-0.2, 0) is 10.0 Å². The quantitative estimate of drug-likeness (QED) is 0.386. The molecule has 1 amide bonds. The summed E-state index contributed by atoms with van der Waals surface area (Å²) in [6.45, 7) is 1.66. The van der Waals surface area contributed by atoms with E-state index in [1.165, 1.54) is 12.1 Å². The highest BCUT2D eigenvalue weighted by molar-refractivity contribution is 7.93. The SMILES string of the molecule is Cc1nc(NS(=O)(=O)c2ccccc2)sc1C(=O)Nc1ccc(Oc2ccccc2)cc1. The van der Waals surface area contributed by atoms with E-state index in [1.54, 1.807) is 49.4 Å². The number of aryl methyl sites for hydroxylation is 1. The van der Waals surface area contributed by atoms with Crippen LogP contribution in [0, 0.1) is 6.92 Å². The van der Waals surface area contributed by atoms with E-state index in [2.05, 4.69) is 15.0 Å². The zero-order valence-corrected chi connectivity index (χ0v) is 18.6. The summed E-state index contributed by atoms with van der Waals surface area (Å²) in [6.07, 6.45) is 0. The van der Waals surface area contributed by atoms with Crippen LogP contribution >= 0.6 is 11.3 Å². The van der Waals surface area contributed by atoms with Crippen LogP contribution in [0.2, 0.25) is 0 Å². The predicted molar refractivity (Wildman–Crippen MR) is 125 cm³/mol. The summed E-state index contributed by atoms with van der Waals surface area (Å²) >= 11 is 0.975. The van der Waals surface area contributed by atoms with E-state index in [0.29, 0.717) is 22.0 Å². The van der Waals surface area contributed by atoms with Gasteiger partial charge in [-0.15, -0.1) is 0 Å². The van der Waals surface area contributed by atoms with Crippen LogP contribution in [0.4, 0.5) is 10.8 Å². The molecule has 0 aliphatic carbocycles. The largest absolute Gasteiger partial charge is 0.457 e. The van der Waals surface area contributed by atoms with Crippen LogP contribution in [0.25, 0.3) is 0 Å². The van der Waals surface area contributed by atoms with Crippen molar-refractivity contribution in [3.63, 3.8) is 0 Å². The number of sulfonamides is 1. The van der Waals surface area contributed by atoms with Crippen LogP contribution in [-0.4, -0.2) is 19.3 Å². The molecule has 0 aliphatic rings. The number of nitrogens with one attached hydrogen (secondary N) is 2. The average Bonchev–Trinajstić information content (AvgIpc) is 3.16. The van der Waals surface area contributed by atoms with E-state index in [1.807, 2.05) is 30.3 Å². The number of thiazole rings is 1. The molecule has 0 spiro atoms. The fourth-order valence-corrected chi connectivity index (χ4v) is 4.96. The summed E-state index contributed by atoms with van der Waals surface area (Å²) in [6, 6.07) is 24.3. The molecule has 0 unspecified atom stereocenters. The number of benzene rings is 3. The summed E-state index contributed by atoms with van der Waals surface area (Å²) in [5, 5.41) is 2.92. The Bertz CT molecular complexity index is 1320. The molecule has 9 heteroatoms. The Balaban J connectivity index is 1.43. The fraction of sp³-hybridized carbons (Fsp3) is 0.0435. The molecule has 2 N–H and O–H groups in total. The van der Waals surface area contributed by atoms with Crippen molar-refractivity contribution in [2.24, 2.45) is 0 Å². The zero-order chi connectivity index (χ0) is 22.6. The van der Waals surface area contributed by atoms with Crippen LogP contribution in [0.3, 0.4) is 0 Å². The number of ether oxygens (including phenoxy) is 1. The molecule has 1 aromatic heterocycles. The first-order valence-electron chi connectivity index (χ1n) is 9.60. The second kappa shape index (κ2) is 9.21. The van der Waals surface area contributed by atoms with Crippen molar-refractivity contribution in [2.75, 3.05) is 10.0 Å².